The molecule has 2 N–H and O–H groups in total. The summed E-state index contributed by atoms with van der Waals surface area (Å²) in [5.74, 6) is 2.49. The Morgan fingerprint density at radius 1 is 1.33 bits per heavy atom. The number of carbonyl (C=O) groups excluding carboxylic acids is 1. The number of aromatic amines is 1. The molecule has 1 unspecified atom stereocenters. The SMILES string of the molecule is [2H]C([2H])(O[P@@](=O)(C[C@@H](C)C(=O)OC(C)C)Oc1ccccc1)[C@H]1O[C@@H](n2ccc(=O)[nH]c2=O)C(Cl)(C#CCF)[C@H]1O. The first-order chi connectivity index (χ1) is 19.1. The number of halogens is 2. The molecule has 2 heterocycles. The molecule has 11 nitrogen and oxygen atoms in total. The van der Waals surface area contributed by atoms with Crippen LogP contribution in [0.15, 0.2) is 52.2 Å². The molecule has 1 saturated heterocycles. The zero-order valence-electron chi connectivity index (χ0n) is 23.2. The number of rotatable bonds is 10. The number of nitrogens with zero attached hydrogens (tertiary/aromatic N) is 1. The van der Waals surface area contributed by atoms with Crippen LogP contribution in [-0.2, 0) is 23.4 Å². The third-order valence-electron chi connectivity index (χ3n) is 5.35. The normalized spacial score (nSPS) is 26.0. The Kier molecular flexibility index (Phi) is 9.17. The van der Waals surface area contributed by atoms with Crippen LogP contribution in [0.25, 0.3) is 0 Å². The van der Waals surface area contributed by atoms with Crippen LogP contribution < -0.4 is 15.8 Å². The van der Waals surface area contributed by atoms with Crippen LogP contribution in [0, 0.1) is 17.8 Å². The van der Waals surface area contributed by atoms with Crippen LogP contribution in [0.1, 0.15) is 29.7 Å². The number of aliphatic hydroxyl groups excluding tert-OH is 1. The van der Waals surface area contributed by atoms with Gasteiger partial charge in [0.25, 0.3) is 5.56 Å². The van der Waals surface area contributed by atoms with E-state index in [1.54, 1.807) is 32.0 Å². The molecule has 3 rings (SSSR count). The standard InChI is InChI=1S/C25H29ClFN2O9P/c1-16(2)36-22(32)17(3)15-39(34,38-18-8-5-4-6-9-18)35-14-19-21(31)25(26,11-7-12-27)23(37-19)29-13-10-20(30)28-24(29)33/h4-6,8-10,13,16-17,19,21,23,31H,12,14-15H2,1-3H3,(H,28,30,33)/t17-,19-,21+,23-,25?,39+/m1/s1/i14D2. The van der Waals surface area contributed by atoms with E-state index in [1.165, 1.54) is 19.1 Å². The molecule has 6 atom stereocenters. The number of esters is 1. The molecule has 0 aliphatic carbocycles. The van der Waals surface area contributed by atoms with Gasteiger partial charge in [-0.05, 0) is 26.0 Å². The predicted octanol–water partition coefficient (Wildman–Crippen LogP) is 2.62. The number of hydrogen-bond acceptors (Lipinski definition) is 9. The molecule has 0 radical (unpaired) electrons. The number of H-pyrrole nitrogens is 1. The molecule has 1 aliphatic rings. The lowest BCUT2D eigenvalue weighted by atomic mass is 9.99. The number of carbonyl (C=O) groups is 1. The number of para-hydroxylation sites is 1. The van der Waals surface area contributed by atoms with Gasteiger partial charge in [0, 0.05) is 12.3 Å². The fourth-order valence-corrected chi connectivity index (χ4v) is 5.63. The second kappa shape index (κ2) is 12.9. The maximum absolute atomic E-state index is 14.0. The van der Waals surface area contributed by atoms with Gasteiger partial charge in [-0.3, -0.25) is 23.7 Å². The van der Waals surface area contributed by atoms with E-state index < -0.39 is 79.5 Å². The van der Waals surface area contributed by atoms with E-state index >= 15 is 0 Å². The van der Waals surface area contributed by atoms with Crippen molar-refractivity contribution < 1.29 is 40.1 Å². The highest BCUT2D eigenvalue weighted by atomic mass is 35.5. The second-order valence-corrected chi connectivity index (χ2v) is 11.4. The van der Waals surface area contributed by atoms with Gasteiger partial charge in [-0.1, -0.05) is 48.6 Å². The van der Waals surface area contributed by atoms with Gasteiger partial charge in [0.15, 0.2) is 11.1 Å². The van der Waals surface area contributed by atoms with Crippen molar-refractivity contribution in [1.82, 2.24) is 9.55 Å². The van der Waals surface area contributed by atoms with Crippen LogP contribution in [-0.4, -0.2) is 63.2 Å². The maximum Gasteiger partial charge on any atom is 0.380 e. The van der Waals surface area contributed by atoms with E-state index in [2.05, 4.69) is 5.92 Å². The fourth-order valence-electron chi connectivity index (χ4n) is 3.58. The topological polar surface area (TPSA) is 146 Å². The van der Waals surface area contributed by atoms with Crippen molar-refractivity contribution in [2.24, 2.45) is 5.92 Å². The smallest absolute Gasteiger partial charge is 0.380 e. The summed E-state index contributed by atoms with van der Waals surface area (Å²) in [4.78, 5) is 36.1. The van der Waals surface area contributed by atoms with Gasteiger partial charge in [-0.2, -0.15) is 0 Å². The van der Waals surface area contributed by atoms with E-state index in [9.17, 15) is 28.4 Å². The number of aromatic nitrogens is 2. The number of hydrogen-bond donors (Lipinski definition) is 2. The fraction of sp³-hybridized carbons (Fsp3) is 0.480. The number of ether oxygens (including phenoxy) is 2. The molecule has 39 heavy (non-hydrogen) atoms. The average Bonchev–Trinajstić information content (AvgIpc) is 3.13. The number of benzene rings is 1. The molecule has 0 saturated carbocycles. The second-order valence-electron chi connectivity index (χ2n) is 8.87. The van der Waals surface area contributed by atoms with Crippen LogP contribution in [0.4, 0.5) is 4.39 Å². The third-order valence-corrected chi connectivity index (χ3v) is 7.72. The lowest BCUT2D eigenvalue weighted by Gasteiger charge is -2.26. The van der Waals surface area contributed by atoms with Crippen molar-refractivity contribution in [1.29, 1.82) is 0 Å². The molecule has 0 amide bonds. The molecular formula is C25H29ClFN2O9P. The highest BCUT2D eigenvalue weighted by molar-refractivity contribution is 7.54. The van der Waals surface area contributed by atoms with Gasteiger partial charge in [-0.15, -0.1) is 0 Å². The van der Waals surface area contributed by atoms with E-state index in [-0.39, 0.29) is 5.75 Å². The minimum absolute atomic E-state index is 0.0297. The first-order valence-corrected chi connectivity index (χ1v) is 13.9. The predicted molar refractivity (Wildman–Crippen MR) is 139 cm³/mol. The summed E-state index contributed by atoms with van der Waals surface area (Å²) in [7, 11) is -4.59. The van der Waals surface area contributed by atoms with Crippen molar-refractivity contribution in [3.8, 4) is 17.6 Å². The zero-order valence-corrected chi connectivity index (χ0v) is 22.9. The summed E-state index contributed by atoms with van der Waals surface area (Å²) >= 11 is 6.54. The Balaban J connectivity index is 2.01. The summed E-state index contributed by atoms with van der Waals surface area (Å²) in [6.07, 6.45) is -6.09. The molecule has 1 aromatic carbocycles. The van der Waals surface area contributed by atoms with Crippen molar-refractivity contribution >= 4 is 25.2 Å². The van der Waals surface area contributed by atoms with Crippen molar-refractivity contribution in [3.05, 3.63) is 63.4 Å². The molecular weight excluding hydrogens is 558 g/mol. The Morgan fingerprint density at radius 3 is 2.64 bits per heavy atom. The van der Waals surface area contributed by atoms with Gasteiger partial charge in [0.05, 0.1) is 27.5 Å². The minimum atomic E-state index is -4.59. The van der Waals surface area contributed by atoms with Gasteiger partial charge in [0.2, 0.25) is 0 Å². The Morgan fingerprint density at radius 2 is 2.03 bits per heavy atom. The van der Waals surface area contributed by atoms with Crippen molar-refractivity contribution in [2.45, 2.75) is 50.2 Å². The van der Waals surface area contributed by atoms with Crippen molar-refractivity contribution in [3.63, 3.8) is 0 Å². The molecule has 1 aromatic heterocycles. The first kappa shape index (κ1) is 27.6. The van der Waals surface area contributed by atoms with E-state index in [0.29, 0.717) is 0 Å². The number of aliphatic hydroxyl groups is 1. The molecule has 1 fully saturated rings. The molecule has 1 aliphatic heterocycles. The monoisotopic (exact) mass is 588 g/mol. The first-order valence-electron chi connectivity index (χ1n) is 12.8. The Labute approximate surface area is 231 Å². The van der Waals surface area contributed by atoms with E-state index in [4.69, 9.17) is 32.9 Å². The highest BCUT2D eigenvalue weighted by Gasteiger charge is 2.56. The highest BCUT2D eigenvalue weighted by Crippen LogP contribution is 2.51. The van der Waals surface area contributed by atoms with Crippen LogP contribution in [0.3, 0.4) is 0 Å². The number of nitrogens with one attached hydrogen (secondary N) is 1. The summed E-state index contributed by atoms with van der Waals surface area (Å²) in [5.41, 5.74) is -1.81. The third kappa shape index (κ3) is 7.59. The van der Waals surface area contributed by atoms with E-state index in [1.807, 2.05) is 10.9 Å². The summed E-state index contributed by atoms with van der Waals surface area (Å²) < 4.78 is 66.6. The van der Waals surface area contributed by atoms with Crippen LogP contribution in [0.5, 0.6) is 5.75 Å². The van der Waals surface area contributed by atoms with Crippen LogP contribution >= 0.6 is 19.2 Å². The maximum atomic E-state index is 14.0. The lowest BCUT2D eigenvalue weighted by Crippen LogP contribution is -2.44. The molecule has 0 bridgehead atoms. The molecule has 212 valence electrons. The average molecular weight is 589 g/mol. The molecule has 14 heteroatoms. The summed E-state index contributed by atoms with van der Waals surface area (Å²) in [5, 5.41) is 11.1. The lowest BCUT2D eigenvalue weighted by molar-refractivity contribution is -0.151. The Bertz CT molecular complexity index is 1460. The summed E-state index contributed by atoms with van der Waals surface area (Å²) in [6, 6.07) is 8.58. The van der Waals surface area contributed by atoms with E-state index in [0.717, 1.165) is 16.8 Å². The van der Waals surface area contributed by atoms with Gasteiger partial charge in [0.1, 0.15) is 24.6 Å². The van der Waals surface area contributed by atoms with Gasteiger partial charge < -0.3 is 19.1 Å². The minimum Gasteiger partial charge on any atom is -0.463 e. The van der Waals surface area contributed by atoms with Gasteiger partial charge >= 0.3 is 19.3 Å². The molecule has 0 spiro atoms. The quantitative estimate of drug-likeness (QED) is 0.185. The van der Waals surface area contributed by atoms with Gasteiger partial charge in [-0.25, -0.2) is 13.8 Å². The largest absolute Gasteiger partial charge is 0.463 e. The van der Waals surface area contributed by atoms with Crippen LogP contribution in [0.2, 0.25) is 0 Å². The zero-order chi connectivity index (χ0) is 30.6. The summed E-state index contributed by atoms with van der Waals surface area (Å²) in [6.45, 7) is 0.261. The Hall–Kier alpha value is -2.94. The molecule has 2 aromatic rings. The number of alkyl halides is 2. The van der Waals surface area contributed by atoms with Crippen molar-refractivity contribution in [2.75, 3.05) is 19.4 Å².